The van der Waals surface area contributed by atoms with Gasteiger partial charge in [-0.05, 0) is 0 Å². The minimum absolute atomic E-state index is 0. The Labute approximate surface area is 82.8 Å². The molecule has 0 rings (SSSR count). The minimum atomic E-state index is -1.50. The number of rotatable bonds is 0. The normalized spacial score (nSPS) is 4.80. The van der Waals surface area contributed by atoms with E-state index in [-0.39, 0.29) is 41.9 Å². The second-order valence-electron chi connectivity index (χ2n) is 0.476. The summed E-state index contributed by atoms with van der Waals surface area (Å²) in [6.45, 7) is 0. The fraction of sp³-hybridized carbons (Fsp3) is 0. The van der Waals surface area contributed by atoms with Gasteiger partial charge in [0.05, 0.1) is 0 Å². The second-order valence-corrected chi connectivity index (χ2v) is 0.476. The molecule has 0 fully saturated rings. The second kappa shape index (κ2) is 15.9. The molecule has 0 aromatic heterocycles. The Hall–Kier alpha value is -0.236. The molecule has 0 radical (unpaired) electrons. The summed E-state index contributed by atoms with van der Waals surface area (Å²) in [7, 11) is 0. The molecule has 0 heterocycles. The van der Waals surface area contributed by atoms with Crippen LogP contribution in [0.5, 0.6) is 0 Å². The molecule has 2 N–H and O–H groups in total. The molecule has 0 atom stereocenters. The molecule has 0 aliphatic carbocycles. The number of hydrogen-bond acceptors (Lipinski definition) is 4. The molecule has 0 unspecified atom stereocenters. The molecule has 0 saturated carbocycles. The predicted octanol–water partition coefficient (Wildman–Crippen LogP) is -2.26. The molecule has 0 aromatic carbocycles. The van der Waals surface area contributed by atoms with Crippen LogP contribution in [0.1, 0.15) is 0 Å². The largest absolute Gasteiger partial charge is 0.316 e. The van der Waals surface area contributed by atoms with Crippen LogP contribution >= 0.6 is 0 Å². The Morgan fingerprint density at radius 2 is 1.00 bits per heavy atom. The van der Waals surface area contributed by atoms with Gasteiger partial charge in [-0.1, -0.05) is 0 Å². The van der Waals surface area contributed by atoms with Crippen LogP contribution in [0, 0.1) is 20.2 Å². The first-order valence-corrected chi connectivity index (χ1v) is 1.13. The number of nitrogens with zero attached hydrogens (tertiary/aromatic N) is 2. The zero-order valence-corrected chi connectivity index (χ0v) is 3.42. The first-order valence-electron chi connectivity index (χ1n) is 1.13. The van der Waals surface area contributed by atoms with E-state index in [2.05, 4.69) is 0 Å². The van der Waals surface area contributed by atoms with Crippen molar-refractivity contribution in [1.29, 1.82) is 0 Å². The SMILES string of the molecule is O=[N+]([O-])O.O=[N+]([O-])O.[LiH].[MgH2]. The van der Waals surface area contributed by atoms with Gasteiger partial charge in [0.25, 0.3) is 10.2 Å². The van der Waals surface area contributed by atoms with E-state index in [0.29, 0.717) is 0 Å². The minimum Gasteiger partial charge on any atom is 0.316 e. The zero-order valence-electron chi connectivity index (χ0n) is 3.42. The van der Waals surface area contributed by atoms with E-state index in [1.54, 1.807) is 0 Å². The van der Waals surface area contributed by atoms with Crippen molar-refractivity contribution in [3.63, 3.8) is 0 Å². The first kappa shape index (κ1) is 22.6. The summed E-state index contributed by atoms with van der Waals surface area (Å²) in [5.41, 5.74) is 0. The van der Waals surface area contributed by atoms with E-state index in [0.717, 1.165) is 0 Å². The molecular formula is H5LiMgN2O6. The van der Waals surface area contributed by atoms with Crippen LogP contribution in [-0.2, 0) is 0 Å². The van der Waals surface area contributed by atoms with Crippen LogP contribution < -0.4 is 0 Å². The van der Waals surface area contributed by atoms with E-state index in [1.165, 1.54) is 0 Å². The Bertz CT molecular complexity index is 73.7. The van der Waals surface area contributed by atoms with Gasteiger partial charge in [0.2, 0.25) is 0 Å². The maximum atomic E-state index is 8.36. The molecule has 10 heavy (non-hydrogen) atoms. The van der Waals surface area contributed by atoms with Crippen LogP contribution in [0.4, 0.5) is 0 Å². The summed E-state index contributed by atoms with van der Waals surface area (Å²) in [6.07, 6.45) is 0. The van der Waals surface area contributed by atoms with Gasteiger partial charge in [-0.2, -0.15) is 0 Å². The van der Waals surface area contributed by atoms with Gasteiger partial charge in [0, 0.05) is 0 Å². The van der Waals surface area contributed by atoms with Gasteiger partial charge in [-0.25, -0.2) is 0 Å². The third-order valence-corrected chi connectivity index (χ3v) is 0. The smallest absolute Gasteiger partial charge is 0.316 e. The fourth-order valence-electron chi connectivity index (χ4n) is 0. The van der Waals surface area contributed by atoms with Gasteiger partial charge >= 0.3 is 41.9 Å². The van der Waals surface area contributed by atoms with Crippen LogP contribution in [0.3, 0.4) is 0 Å². The summed E-state index contributed by atoms with van der Waals surface area (Å²) < 4.78 is 0. The van der Waals surface area contributed by atoms with Crippen molar-refractivity contribution in [3.05, 3.63) is 20.2 Å². The van der Waals surface area contributed by atoms with E-state index < -0.39 is 10.2 Å². The molecule has 0 spiro atoms. The van der Waals surface area contributed by atoms with Crippen molar-refractivity contribution in [2.45, 2.75) is 0 Å². The predicted molar refractivity (Wildman–Crippen MR) is 33.3 cm³/mol. The topological polar surface area (TPSA) is 127 Å². The van der Waals surface area contributed by atoms with Crippen molar-refractivity contribution in [3.8, 4) is 0 Å². The van der Waals surface area contributed by atoms with Crippen molar-refractivity contribution in [2.75, 3.05) is 0 Å². The van der Waals surface area contributed by atoms with Gasteiger partial charge < -0.3 is 10.4 Å². The summed E-state index contributed by atoms with van der Waals surface area (Å²) >= 11 is 0. The van der Waals surface area contributed by atoms with Crippen molar-refractivity contribution in [2.24, 2.45) is 0 Å². The zero-order chi connectivity index (χ0) is 7.15. The van der Waals surface area contributed by atoms with E-state index in [9.17, 15) is 0 Å². The molecule has 0 bridgehead atoms. The van der Waals surface area contributed by atoms with Crippen LogP contribution in [0.25, 0.3) is 0 Å². The van der Waals surface area contributed by atoms with Gasteiger partial charge in [0.15, 0.2) is 0 Å². The Kier molecular flexibility index (Phi) is 35.9. The molecule has 0 saturated heterocycles. The Balaban J connectivity index is -0.0000000300. The van der Waals surface area contributed by atoms with Crippen LogP contribution in [0.2, 0.25) is 0 Å². The molecule has 10 heteroatoms. The first-order chi connectivity index (χ1) is 3.46. The van der Waals surface area contributed by atoms with E-state index in [4.69, 9.17) is 30.6 Å². The van der Waals surface area contributed by atoms with Gasteiger partial charge in [-0.3, -0.25) is 0 Å². The maximum Gasteiger partial charge on any atom is 0.316 e. The standard InChI is InChI=1S/Li.Mg.2HNO3.3H/c;;2*2-1(3)4;;;/h;;2*(H,2,3,4);;;. The molecule has 8 nitrogen and oxygen atoms in total. The third-order valence-electron chi connectivity index (χ3n) is 0. The van der Waals surface area contributed by atoms with Gasteiger partial charge in [-0.15, -0.1) is 20.2 Å². The van der Waals surface area contributed by atoms with Crippen LogP contribution in [-0.4, -0.2) is 62.5 Å². The average Bonchev–Trinajstić information content (AvgIpc) is 1.25. The van der Waals surface area contributed by atoms with Crippen molar-refractivity contribution < 1.29 is 20.6 Å². The summed E-state index contributed by atoms with van der Waals surface area (Å²) in [6, 6.07) is 0. The fourth-order valence-corrected chi connectivity index (χ4v) is 0. The summed E-state index contributed by atoms with van der Waals surface area (Å²) in [5, 5.41) is 27.3. The van der Waals surface area contributed by atoms with Crippen molar-refractivity contribution in [1.82, 2.24) is 0 Å². The molecule has 0 aliphatic heterocycles. The molecule has 0 aromatic rings. The number of hydrogen-bond donors (Lipinski definition) is 2. The van der Waals surface area contributed by atoms with E-state index >= 15 is 0 Å². The van der Waals surface area contributed by atoms with Crippen molar-refractivity contribution >= 4 is 41.9 Å². The maximum absolute atomic E-state index is 8.36. The Morgan fingerprint density at radius 1 is 1.00 bits per heavy atom. The third kappa shape index (κ3) is 6360. The van der Waals surface area contributed by atoms with Crippen LogP contribution in [0.15, 0.2) is 0 Å². The average molecular weight is 160 g/mol. The summed E-state index contributed by atoms with van der Waals surface area (Å²) in [4.78, 5) is 16.7. The molecule has 0 aliphatic rings. The quantitative estimate of drug-likeness (QED) is 0.234. The monoisotopic (exact) mass is 160 g/mol. The van der Waals surface area contributed by atoms with Gasteiger partial charge in [0.1, 0.15) is 0 Å². The molecular weight excluding hydrogens is 155 g/mol. The molecule has 54 valence electrons. The Morgan fingerprint density at radius 3 is 1.00 bits per heavy atom. The summed E-state index contributed by atoms with van der Waals surface area (Å²) in [5.74, 6) is 0. The molecule has 0 amide bonds. The van der Waals surface area contributed by atoms with E-state index in [1.807, 2.05) is 0 Å².